The Bertz CT molecular complexity index is 1100. The quantitative estimate of drug-likeness (QED) is 0.0910. The molecule has 230 valence electrons. The molecule has 2 heterocycles. The second-order valence-corrected chi connectivity index (χ2v) is 20.1. The van der Waals surface area contributed by atoms with Crippen LogP contribution in [0, 0.1) is 6.92 Å². The molecule has 0 radical (unpaired) electrons. The third-order valence-electron chi connectivity index (χ3n) is 6.20. The summed E-state index contributed by atoms with van der Waals surface area (Å²) in [6, 6.07) is 6.81. The van der Waals surface area contributed by atoms with Gasteiger partial charge in [0.25, 0.3) is 10.1 Å². The number of unbranched alkanes of at least 4 members (excludes halogenated alkanes) is 8. The minimum atomic E-state index is -3.66. The molecule has 0 amide bonds. The lowest BCUT2D eigenvalue weighted by Gasteiger charge is -2.06. The van der Waals surface area contributed by atoms with Crippen LogP contribution in [-0.4, -0.2) is 32.3 Å². The van der Waals surface area contributed by atoms with Crippen molar-refractivity contribution in [3.63, 3.8) is 0 Å². The summed E-state index contributed by atoms with van der Waals surface area (Å²) in [6.07, 6.45) is 13.4. The Morgan fingerprint density at radius 3 is 1.83 bits per heavy atom. The van der Waals surface area contributed by atoms with E-state index in [2.05, 4.69) is 42.8 Å². The standard InChI is InChI=1S/C30H44O3S8/c1-4-6-8-12-21-35-27-28(36-22-13-9-7-5-2)40-30(39-27)29-37-23-26(38-29)34-20-14-10-11-19-33-41(31,32)25-17-15-24(3)16-18-25/h15-18,23H,4-14,19-22H2,1-3H3. The van der Waals surface area contributed by atoms with E-state index in [0.717, 1.165) is 30.6 Å². The van der Waals surface area contributed by atoms with Gasteiger partial charge in [-0.25, -0.2) is 0 Å². The van der Waals surface area contributed by atoms with Gasteiger partial charge in [-0.15, -0.1) is 35.3 Å². The summed E-state index contributed by atoms with van der Waals surface area (Å²) in [4.78, 5) is 0.232. The van der Waals surface area contributed by atoms with E-state index in [1.165, 1.54) is 84.1 Å². The van der Waals surface area contributed by atoms with Gasteiger partial charge in [-0.1, -0.05) is 124 Å². The number of hydrogen-bond donors (Lipinski definition) is 0. The second-order valence-electron chi connectivity index (χ2n) is 9.83. The Balaban J connectivity index is 1.36. The van der Waals surface area contributed by atoms with Crippen molar-refractivity contribution in [3.8, 4) is 0 Å². The summed E-state index contributed by atoms with van der Waals surface area (Å²) in [7, 11) is -3.66. The number of rotatable bonds is 21. The van der Waals surface area contributed by atoms with E-state index in [9.17, 15) is 8.42 Å². The Labute approximate surface area is 279 Å². The lowest BCUT2D eigenvalue weighted by atomic mass is 10.2. The van der Waals surface area contributed by atoms with Crippen LogP contribution >= 0.6 is 82.3 Å². The molecule has 3 nitrogen and oxygen atoms in total. The minimum absolute atomic E-state index is 0.232. The predicted molar refractivity (Wildman–Crippen MR) is 196 cm³/mol. The zero-order valence-electron chi connectivity index (χ0n) is 24.5. The van der Waals surface area contributed by atoms with Crippen LogP contribution in [0.4, 0.5) is 0 Å². The smallest absolute Gasteiger partial charge is 0.266 e. The van der Waals surface area contributed by atoms with Crippen molar-refractivity contribution < 1.29 is 12.6 Å². The van der Waals surface area contributed by atoms with Crippen molar-refractivity contribution >= 4 is 92.5 Å². The highest BCUT2D eigenvalue weighted by atomic mass is 32.3. The Morgan fingerprint density at radius 1 is 0.683 bits per heavy atom. The third-order valence-corrected chi connectivity index (χ3v) is 17.6. The summed E-state index contributed by atoms with van der Waals surface area (Å²) >= 11 is 13.9. The molecule has 0 N–H and O–H groups in total. The molecule has 41 heavy (non-hydrogen) atoms. The van der Waals surface area contributed by atoms with Crippen molar-refractivity contribution in [2.75, 3.05) is 23.9 Å². The van der Waals surface area contributed by atoms with Gasteiger partial charge in [-0.3, -0.25) is 4.18 Å². The van der Waals surface area contributed by atoms with Crippen molar-refractivity contribution in [1.82, 2.24) is 0 Å². The van der Waals surface area contributed by atoms with E-state index in [0.29, 0.717) is 0 Å². The van der Waals surface area contributed by atoms with Gasteiger partial charge in [0.2, 0.25) is 0 Å². The fourth-order valence-corrected chi connectivity index (χ4v) is 14.8. The van der Waals surface area contributed by atoms with E-state index in [1.54, 1.807) is 24.3 Å². The van der Waals surface area contributed by atoms with Crippen LogP contribution < -0.4 is 0 Å². The predicted octanol–water partition coefficient (Wildman–Crippen LogP) is 12.2. The molecule has 0 atom stereocenters. The van der Waals surface area contributed by atoms with Crippen LogP contribution in [0.3, 0.4) is 0 Å². The molecule has 2 aliphatic heterocycles. The molecule has 0 saturated heterocycles. The van der Waals surface area contributed by atoms with Gasteiger partial charge in [0, 0.05) is 0 Å². The monoisotopic (exact) mass is 708 g/mol. The molecule has 1 aromatic rings. The zero-order valence-corrected chi connectivity index (χ0v) is 31.0. The molecule has 0 fully saturated rings. The van der Waals surface area contributed by atoms with Crippen LogP contribution in [-0.2, 0) is 14.3 Å². The molecule has 0 bridgehead atoms. The maximum absolute atomic E-state index is 12.3. The number of thioether (sulfide) groups is 7. The maximum Gasteiger partial charge on any atom is 0.296 e. The molecule has 0 spiro atoms. The molecule has 0 saturated carbocycles. The van der Waals surface area contributed by atoms with Gasteiger partial charge in [0.15, 0.2) is 0 Å². The van der Waals surface area contributed by atoms with Crippen LogP contribution in [0.15, 0.2) is 55.8 Å². The molecule has 2 aliphatic rings. The first-order chi connectivity index (χ1) is 19.9. The highest BCUT2D eigenvalue weighted by Crippen LogP contribution is 2.63. The van der Waals surface area contributed by atoms with E-state index in [-0.39, 0.29) is 11.5 Å². The first-order valence-electron chi connectivity index (χ1n) is 14.7. The van der Waals surface area contributed by atoms with Gasteiger partial charge in [-0.2, -0.15) is 8.42 Å². The van der Waals surface area contributed by atoms with Gasteiger partial charge in [0.1, 0.15) is 0 Å². The van der Waals surface area contributed by atoms with Crippen molar-refractivity contribution in [1.29, 1.82) is 0 Å². The average molecular weight is 709 g/mol. The topological polar surface area (TPSA) is 43.4 Å². The fraction of sp³-hybridized carbons (Fsp3) is 0.600. The zero-order chi connectivity index (χ0) is 29.3. The largest absolute Gasteiger partial charge is 0.296 e. The third kappa shape index (κ3) is 13.8. The molecule has 0 aliphatic carbocycles. The summed E-state index contributed by atoms with van der Waals surface area (Å²) < 4.78 is 37.2. The fourth-order valence-electron chi connectivity index (χ4n) is 3.81. The first-order valence-corrected chi connectivity index (χ1v) is 22.4. The highest BCUT2D eigenvalue weighted by molar-refractivity contribution is 8.43. The maximum atomic E-state index is 12.3. The van der Waals surface area contributed by atoms with E-state index in [4.69, 9.17) is 4.18 Å². The summed E-state index contributed by atoms with van der Waals surface area (Å²) in [5.74, 6) is 3.50. The number of benzene rings is 1. The van der Waals surface area contributed by atoms with Crippen LogP contribution in [0.1, 0.15) is 90.0 Å². The molecular formula is C30H44O3S8. The highest BCUT2D eigenvalue weighted by Gasteiger charge is 2.27. The molecule has 0 aromatic heterocycles. The average Bonchev–Trinajstić information content (AvgIpc) is 3.60. The number of hydrogen-bond acceptors (Lipinski definition) is 10. The van der Waals surface area contributed by atoms with Crippen LogP contribution in [0.5, 0.6) is 0 Å². The lowest BCUT2D eigenvalue weighted by Crippen LogP contribution is -2.07. The van der Waals surface area contributed by atoms with Crippen LogP contribution in [0.25, 0.3) is 0 Å². The van der Waals surface area contributed by atoms with Gasteiger partial charge in [-0.05, 0) is 67.4 Å². The SMILES string of the molecule is CCCCCCSC1=C(SCCCCCC)SC(=C2SC=C(SCCCCCOS(=O)(=O)c3ccc(C)cc3)S2)S1. The molecule has 11 heteroatoms. The first kappa shape index (κ1) is 36.3. The van der Waals surface area contributed by atoms with Crippen molar-refractivity contribution in [2.45, 2.75) is 96.3 Å². The van der Waals surface area contributed by atoms with Gasteiger partial charge in [0.05, 0.1) is 32.7 Å². The molecule has 0 unspecified atom stereocenters. The van der Waals surface area contributed by atoms with Crippen molar-refractivity contribution in [2.24, 2.45) is 0 Å². The van der Waals surface area contributed by atoms with E-state index in [1.807, 2.05) is 65.7 Å². The second kappa shape index (κ2) is 20.8. The Kier molecular flexibility index (Phi) is 18.4. The normalized spacial score (nSPS) is 15.8. The Morgan fingerprint density at radius 2 is 1.24 bits per heavy atom. The molecular weight excluding hydrogens is 665 g/mol. The summed E-state index contributed by atoms with van der Waals surface area (Å²) in [6.45, 7) is 6.74. The number of aryl methyl sites for hydroxylation is 1. The van der Waals surface area contributed by atoms with E-state index >= 15 is 0 Å². The summed E-state index contributed by atoms with van der Waals surface area (Å²) in [5.41, 5.74) is 1.03. The van der Waals surface area contributed by atoms with Crippen LogP contribution in [0.2, 0.25) is 0 Å². The molecule has 3 rings (SSSR count). The molecule has 1 aromatic carbocycles. The van der Waals surface area contributed by atoms with E-state index < -0.39 is 10.1 Å². The van der Waals surface area contributed by atoms with Gasteiger partial charge >= 0.3 is 0 Å². The Hall–Kier alpha value is 0.800. The minimum Gasteiger partial charge on any atom is -0.266 e. The van der Waals surface area contributed by atoms with Gasteiger partial charge < -0.3 is 0 Å². The van der Waals surface area contributed by atoms with Crippen molar-refractivity contribution in [3.05, 3.63) is 56.4 Å². The summed E-state index contributed by atoms with van der Waals surface area (Å²) in [5, 5.41) is 2.31. The lowest BCUT2D eigenvalue weighted by molar-refractivity contribution is 0.308.